The highest BCUT2D eigenvalue weighted by atomic mass is 16.6. The Kier molecular flexibility index (Phi) is 2.78. The molecular formula is C9H14N4O3. The van der Waals surface area contributed by atoms with E-state index >= 15 is 0 Å². The fraction of sp³-hybridized carbons (Fsp3) is 0.667. The van der Waals surface area contributed by atoms with Crippen LogP contribution in [0.4, 0.5) is 11.5 Å². The van der Waals surface area contributed by atoms with Crippen molar-refractivity contribution in [2.24, 2.45) is 5.92 Å². The van der Waals surface area contributed by atoms with Crippen LogP contribution in [0, 0.1) is 16.0 Å². The lowest BCUT2D eigenvalue weighted by Crippen LogP contribution is -2.19. The van der Waals surface area contributed by atoms with Crippen LogP contribution in [0.1, 0.15) is 18.9 Å². The topological polar surface area (TPSA) is 96.2 Å². The van der Waals surface area contributed by atoms with Gasteiger partial charge in [-0.2, -0.15) is 5.10 Å². The summed E-state index contributed by atoms with van der Waals surface area (Å²) >= 11 is 0. The zero-order valence-electron chi connectivity index (χ0n) is 9.00. The standard InChI is InChI=1S/C9H14N4O3/c1-16-5-8(6-2-3-6)12-9(10)7(4-11-12)13(14)15/h4,6,8H,2-3,5,10H2,1H3. The number of nitro groups is 1. The number of nitrogen functional groups attached to an aromatic ring is 1. The van der Waals surface area contributed by atoms with Gasteiger partial charge in [0.2, 0.25) is 5.82 Å². The van der Waals surface area contributed by atoms with Gasteiger partial charge in [0.25, 0.3) is 0 Å². The van der Waals surface area contributed by atoms with Gasteiger partial charge in [-0.25, -0.2) is 4.68 Å². The molecule has 0 spiro atoms. The molecule has 1 fully saturated rings. The van der Waals surface area contributed by atoms with E-state index in [1.54, 1.807) is 7.11 Å². The summed E-state index contributed by atoms with van der Waals surface area (Å²) in [6.07, 6.45) is 3.39. The fourth-order valence-corrected chi connectivity index (χ4v) is 1.83. The molecule has 7 heteroatoms. The summed E-state index contributed by atoms with van der Waals surface area (Å²) < 4.78 is 6.61. The molecule has 0 aliphatic heterocycles. The molecule has 1 saturated carbocycles. The van der Waals surface area contributed by atoms with Crippen molar-refractivity contribution in [2.45, 2.75) is 18.9 Å². The van der Waals surface area contributed by atoms with E-state index in [9.17, 15) is 10.1 Å². The summed E-state index contributed by atoms with van der Waals surface area (Å²) in [5.41, 5.74) is 5.57. The quantitative estimate of drug-likeness (QED) is 0.596. The van der Waals surface area contributed by atoms with E-state index in [4.69, 9.17) is 10.5 Å². The van der Waals surface area contributed by atoms with Crippen LogP contribution in [-0.2, 0) is 4.74 Å². The second kappa shape index (κ2) is 4.09. The second-order valence-electron chi connectivity index (χ2n) is 3.98. The number of methoxy groups -OCH3 is 1. The van der Waals surface area contributed by atoms with Gasteiger partial charge >= 0.3 is 5.69 Å². The van der Waals surface area contributed by atoms with Crippen molar-refractivity contribution in [2.75, 3.05) is 19.5 Å². The first kappa shape index (κ1) is 10.9. The van der Waals surface area contributed by atoms with Crippen molar-refractivity contribution >= 4 is 11.5 Å². The summed E-state index contributed by atoms with van der Waals surface area (Å²) in [5, 5.41) is 14.6. The molecule has 0 bridgehead atoms. The van der Waals surface area contributed by atoms with Crippen molar-refractivity contribution in [1.82, 2.24) is 9.78 Å². The Bertz CT molecular complexity index is 399. The van der Waals surface area contributed by atoms with Crippen molar-refractivity contribution in [3.05, 3.63) is 16.3 Å². The molecule has 1 unspecified atom stereocenters. The van der Waals surface area contributed by atoms with Crippen LogP contribution in [0.5, 0.6) is 0 Å². The third-order valence-corrected chi connectivity index (χ3v) is 2.83. The lowest BCUT2D eigenvalue weighted by atomic mass is 10.2. The number of nitrogens with zero attached hydrogens (tertiary/aromatic N) is 3. The van der Waals surface area contributed by atoms with E-state index in [-0.39, 0.29) is 17.5 Å². The Morgan fingerprint density at radius 2 is 2.50 bits per heavy atom. The highest BCUT2D eigenvalue weighted by molar-refractivity contribution is 5.51. The molecule has 88 valence electrons. The summed E-state index contributed by atoms with van der Waals surface area (Å²) in [6.45, 7) is 0.480. The van der Waals surface area contributed by atoms with Gasteiger partial charge in [-0.15, -0.1) is 0 Å². The molecule has 0 saturated heterocycles. The number of ether oxygens (including phenoxy) is 1. The lowest BCUT2D eigenvalue weighted by molar-refractivity contribution is -0.384. The van der Waals surface area contributed by atoms with E-state index in [1.807, 2.05) is 0 Å². The molecule has 1 aliphatic carbocycles. The Morgan fingerprint density at radius 3 is 2.94 bits per heavy atom. The van der Waals surface area contributed by atoms with Crippen LogP contribution in [0.3, 0.4) is 0 Å². The van der Waals surface area contributed by atoms with Crippen LogP contribution >= 0.6 is 0 Å². The van der Waals surface area contributed by atoms with Gasteiger partial charge in [-0.3, -0.25) is 10.1 Å². The van der Waals surface area contributed by atoms with Crippen molar-refractivity contribution in [3.8, 4) is 0 Å². The Balaban J connectivity index is 2.27. The summed E-state index contributed by atoms with van der Waals surface area (Å²) in [7, 11) is 1.60. The molecule has 1 aromatic rings. The average molecular weight is 226 g/mol. The van der Waals surface area contributed by atoms with Crippen molar-refractivity contribution < 1.29 is 9.66 Å². The average Bonchev–Trinajstić information content (AvgIpc) is 2.99. The van der Waals surface area contributed by atoms with Crippen LogP contribution in [0.15, 0.2) is 6.20 Å². The minimum absolute atomic E-state index is 0.0127. The molecule has 0 amide bonds. The molecule has 0 aromatic carbocycles. The SMILES string of the molecule is COCC(C1CC1)n1ncc([N+](=O)[O-])c1N. The Morgan fingerprint density at radius 1 is 1.81 bits per heavy atom. The zero-order chi connectivity index (χ0) is 11.7. The smallest absolute Gasteiger partial charge is 0.330 e. The van der Waals surface area contributed by atoms with Crippen molar-refractivity contribution in [1.29, 1.82) is 0 Å². The summed E-state index contributed by atoms with van der Waals surface area (Å²) in [6, 6.07) is 0.0127. The highest BCUT2D eigenvalue weighted by Crippen LogP contribution is 2.41. The molecule has 16 heavy (non-hydrogen) atoms. The van der Waals surface area contributed by atoms with Gasteiger partial charge in [0.1, 0.15) is 6.20 Å². The van der Waals surface area contributed by atoms with E-state index in [0.717, 1.165) is 12.8 Å². The van der Waals surface area contributed by atoms with E-state index in [0.29, 0.717) is 12.5 Å². The van der Waals surface area contributed by atoms with E-state index in [1.165, 1.54) is 10.9 Å². The number of rotatable bonds is 5. The maximum atomic E-state index is 10.6. The molecule has 2 rings (SSSR count). The molecule has 0 radical (unpaired) electrons. The third-order valence-electron chi connectivity index (χ3n) is 2.83. The first-order valence-corrected chi connectivity index (χ1v) is 5.11. The van der Waals surface area contributed by atoms with E-state index < -0.39 is 4.92 Å². The Hall–Kier alpha value is -1.63. The maximum Gasteiger partial charge on any atom is 0.330 e. The second-order valence-corrected chi connectivity index (χ2v) is 3.98. The number of aromatic nitrogens is 2. The highest BCUT2D eigenvalue weighted by Gasteiger charge is 2.35. The zero-order valence-corrected chi connectivity index (χ0v) is 9.00. The Labute approximate surface area is 92.3 Å². The third kappa shape index (κ3) is 1.85. The first-order chi connectivity index (χ1) is 7.65. The molecular weight excluding hydrogens is 212 g/mol. The first-order valence-electron chi connectivity index (χ1n) is 5.11. The number of hydrogen-bond acceptors (Lipinski definition) is 5. The van der Waals surface area contributed by atoms with Gasteiger partial charge in [0, 0.05) is 7.11 Å². The number of anilines is 1. The van der Waals surface area contributed by atoms with Gasteiger partial charge in [-0.05, 0) is 18.8 Å². The van der Waals surface area contributed by atoms with E-state index in [2.05, 4.69) is 5.10 Å². The minimum Gasteiger partial charge on any atom is -0.382 e. The van der Waals surface area contributed by atoms with Crippen LogP contribution < -0.4 is 5.73 Å². The molecule has 7 nitrogen and oxygen atoms in total. The van der Waals surface area contributed by atoms with Gasteiger partial charge in [-0.1, -0.05) is 0 Å². The number of hydrogen-bond donors (Lipinski definition) is 1. The van der Waals surface area contributed by atoms with Gasteiger partial charge < -0.3 is 10.5 Å². The maximum absolute atomic E-state index is 10.6. The number of nitrogens with two attached hydrogens (primary N) is 1. The molecule has 1 aliphatic rings. The predicted molar refractivity (Wildman–Crippen MR) is 56.9 cm³/mol. The summed E-state index contributed by atoms with van der Waals surface area (Å²) in [4.78, 5) is 10.1. The molecule has 1 atom stereocenters. The van der Waals surface area contributed by atoms with Crippen LogP contribution in [0.25, 0.3) is 0 Å². The largest absolute Gasteiger partial charge is 0.382 e. The van der Waals surface area contributed by atoms with Crippen molar-refractivity contribution in [3.63, 3.8) is 0 Å². The van der Waals surface area contributed by atoms with Gasteiger partial charge in [0.05, 0.1) is 17.6 Å². The lowest BCUT2D eigenvalue weighted by Gasteiger charge is -2.16. The minimum atomic E-state index is -0.518. The normalized spacial score (nSPS) is 17.3. The van der Waals surface area contributed by atoms with Crippen LogP contribution in [0.2, 0.25) is 0 Å². The molecule has 1 heterocycles. The summed E-state index contributed by atoms with van der Waals surface area (Å²) in [5.74, 6) is 0.584. The van der Waals surface area contributed by atoms with Gasteiger partial charge in [0.15, 0.2) is 0 Å². The molecule has 2 N–H and O–H groups in total. The monoisotopic (exact) mass is 226 g/mol. The van der Waals surface area contributed by atoms with Crippen LogP contribution in [-0.4, -0.2) is 28.4 Å². The predicted octanol–water partition coefficient (Wildman–Crippen LogP) is 0.971. The fourth-order valence-electron chi connectivity index (χ4n) is 1.83. The molecule has 1 aromatic heterocycles.